The standard InChI is InChI=1S/C11H18N2O/c1-7-4-9(11(3,13)6-14)5-8(2)10(7)12/h4-5,14H,6,12-13H2,1-3H3. The smallest absolute Gasteiger partial charge is 0.0650 e. The van der Waals surface area contributed by atoms with Gasteiger partial charge in [0, 0.05) is 5.69 Å². The molecule has 0 aliphatic heterocycles. The lowest BCUT2D eigenvalue weighted by Gasteiger charge is -2.24. The van der Waals surface area contributed by atoms with Gasteiger partial charge < -0.3 is 16.6 Å². The summed E-state index contributed by atoms with van der Waals surface area (Å²) in [5.74, 6) is 0. The Morgan fingerprint density at radius 3 is 2.07 bits per heavy atom. The zero-order valence-electron chi connectivity index (χ0n) is 8.96. The van der Waals surface area contributed by atoms with Crippen LogP contribution in [0.25, 0.3) is 0 Å². The largest absolute Gasteiger partial charge is 0.398 e. The van der Waals surface area contributed by atoms with Crippen molar-refractivity contribution in [3.8, 4) is 0 Å². The van der Waals surface area contributed by atoms with Gasteiger partial charge in [0.15, 0.2) is 0 Å². The van der Waals surface area contributed by atoms with E-state index in [1.54, 1.807) is 6.92 Å². The first-order valence-corrected chi connectivity index (χ1v) is 4.65. The first-order chi connectivity index (χ1) is 6.38. The molecule has 0 spiro atoms. The molecular formula is C11H18N2O. The third-order valence-electron chi connectivity index (χ3n) is 2.58. The van der Waals surface area contributed by atoms with Crippen molar-refractivity contribution in [1.29, 1.82) is 0 Å². The molecule has 1 aromatic carbocycles. The van der Waals surface area contributed by atoms with E-state index in [1.165, 1.54) is 0 Å². The van der Waals surface area contributed by atoms with Gasteiger partial charge in [-0.05, 0) is 37.5 Å². The summed E-state index contributed by atoms with van der Waals surface area (Å²) < 4.78 is 0. The van der Waals surface area contributed by atoms with Crippen molar-refractivity contribution in [3.63, 3.8) is 0 Å². The van der Waals surface area contributed by atoms with Crippen LogP contribution in [0.5, 0.6) is 0 Å². The van der Waals surface area contributed by atoms with Crippen LogP contribution in [0, 0.1) is 13.8 Å². The minimum atomic E-state index is -0.691. The van der Waals surface area contributed by atoms with Crippen molar-refractivity contribution in [2.75, 3.05) is 12.3 Å². The van der Waals surface area contributed by atoms with Gasteiger partial charge in [0.05, 0.1) is 12.1 Å². The second-order valence-electron chi connectivity index (χ2n) is 4.10. The van der Waals surface area contributed by atoms with E-state index in [4.69, 9.17) is 16.6 Å². The molecule has 0 saturated carbocycles. The fraction of sp³-hybridized carbons (Fsp3) is 0.455. The van der Waals surface area contributed by atoms with Crippen LogP contribution in [-0.2, 0) is 5.54 Å². The number of anilines is 1. The van der Waals surface area contributed by atoms with Crippen LogP contribution in [0.2, 0.25) is 0 Å². The van der Waals surface area contributed by atoms with Gasteiger partial charge in [0.2, 0.25) is 0 Å². The van der Waals surface area contributed by atoms with Crippen LogP contribution < -0.4 is 11.5 Å². The van der Waals surface area contributed by atoms with E-state index in [9.17, 15) is 0 Å². The molecule has 0 radical (unpaired) electrons. The number of hydrogen-bond acceptors (Lipinski definition) is 3. The third-order valence-corrected chi connectivity index (χ3v) is 2.58. The Hall–Kier alpha value is -1.06. The average molecular weight is 194 g/mol. The van der Waals surface area contributed by atoms with Crippen LogP contribution in [0.4, 0.5) is 5.69 Å². The minimum absolute atomic E-state index is 0.0736. The molecule has 0 bridgehead atoms. The summed E-state index contributed by atoms with van der Waals surface area (Å²) in [5.41, 5.74) is 14.8. The molecule has 0 aliphatic rings. The van der Waals surface area contributed by atoms with E-state index < -0.39 is 5.54 Å². The van der Waals surface area contributed by atoms with Gasteiger partial charge >= 0.3 is 0 Å². The zero-order chi connectivity index (χ0) is 10.9. The summed E-state index contributed by atoms with van der Waals surface area (Å²) in [6.07, 6.45) is 0. The molecule has 0 fully saturated rings. The van der Waals surface area contributed by atoms with E-state index >= 15 is 0 Å². The Balaban J connectivity index is 3.26. The quantitative estimate of drug-likeness (QED) is 0.616. The average Bonchev–Trinajstić information content (AvgIpc) is 2.13. The molecule has 0 amide bonds. The summed E-state index contributed by atoms with van der Waals surface area (Å²) in [6, 6.07) is 3.86. The predicted octanol–water partition coefficient (Wildman–Crippen LogP) is 1.05. The number of nitrogen functional groups attached to an aromatic ring is 1. The highest BCUT2D eigenvalue weighted by atomic mass is 16.3. The normalized spacial score (nSPS) is 15.2. The monoisotopic (exact) mass is 194 g/mol. The molecule has 1 atom stereocenters. The molecule has 78 valence electrons. The molecular weight excluding hydrogens is 176 g/mol. The molecule has 1 rings (SSSR count). The molecule has 1 unspecified atom stereocenters. The van der Waals surface area contributed by atoms with E-state index in [0.29, 0.717) is 0 Å². The topological polar surface area (TPSA) is 72.3 Å². The molecule has 1 aromatic rings. The molecule has 0 saturated heterocycles. The van der Waals surface area contributed by atoms with E-state index in [-0.39, 0.29) is 6.61 Å². The van der Waals surface area contributed by atoms with E-state index in [1.807, 2.05) is 26.0 Å². The fourth-order valence-corrected chi connectivity index (χ4v) is 1.40. The highest BCUT2D eigenvalue weighted by molar-refractivity contribution is 5.55. The van der Waals surface area contributed by atoms with Gasteiger partial charge in [-0.3, -0.25) is 0 Å². The zero-order valence-corrected chi connectivity index (χ0v) is 8.96. The van der Waals surface area contributed by atoms with Crippen LogP contribution in [0.3, 0.4) is 0 Å². The number of nitrogens with two attached hydrogens (primary N) is 2. The molecule has 14 heavy (non-hydrogen) atoms. The summed E-state index contributed by atoms with van der Waals surface area (Å²) in [6.45, 7) is 5.62. The number of hydrogen-bond donors (Lipinski definition) is 3. The number of benzene rings is 1. The highest BCUT2D eigenvalue weighted by Crippen LogP contribution is 2.24. The maximum absolute atomic E-state index is 9.14. The summed E-state index contributed by atoms with van der Waals surface area (Å²) >= 11 is 0. The first kappa shape index (κ1) is 11.0. The number of aliphatic hydroxyl groups excluding tert-OH is 1. The molecule has 0 aromatic heterocycles. The van der Waals surface area contributed by atoms with Crippen molar-refractivity contribution in [3.05, 3.63) is 28.8 Å². The Kier molecular flexibility index (Phi) is 2.83. The van der Waals surface area contributed by atoms with Crippen molar-refractivity contribution < 1.29 is 5.11 Å². The summed E-state index contributed by atoms with van der Waals surface area (Å²) in [5, 5.41) is 9.14. The SMILES string of the molecule is Cc1cc(C(C)(N)CO)cc(C)c1N. The van der Waals surface area contributed by atoms with Crippen molar-refractivity contribution >= 4 is 5.69 Å². The lowest BCUT2D eigenvalue weighted by atomic mass is 9.90. The second-order valence-corrected chi connectivity index (χ2v) is 4.10. The Morgan fingerprint density at radius 2 is 1.71 bits per heavy atom. The lowest BCUT2D eigenvalue weighted by Crippen LogP contribution is -2.37. The number of aliphatic hydroxyl groups is 1. The minimum Gasteiger partial charge on any atom is -0.398 e. The molecule has 5 N–H and O–H groups in total. The van der Waals surface area contributed by atoms with Gasteiger partial charge in [-0.15, -0.1) is 0 Å². The molecule has 3 nitrogen and oxygen atoms in total. The van der Waals surface area contributed by atoms with Crippen molar-refractivity contribution in [2.45, 2.75) is 26.3 Å². The Labute approximate surface area is 84.7 Å². The van der Waals surface area contributed by atoms with Crippen LogP contribution in [-0.4, -0.2) is 11.7 Å². The third kappa shape index (κ3) is 1.89. The maximum atomic E-state index is 9.14. The van der Waals surface area contributed by atoms with Crippen LogP contribution in [0.15, 0.2) is 12.1 Å². The highest BCUT2D eigenvalue weighted by Gasteiger charge is 2.20. The number of aryl methyl sites for hydroxylation is 2. The summed E-state index contributed by atoms with van der Waals surface area (Å²) in [7, 11) is 0. The van der Waals surface area contributed by atoms with Gasteiger partial charge in [-0.2, -0.15) is 0 Å². The van der Waals surface area contributed by atoms with Crippen molar-refractivity contribution in [2.24, 2.45) is 5.73 Å². The van der Waals surface area contributed by atoms with Crippen LogP contribution in [0.1, 0.15) is 23.6 Å². The number of rotatable bonds is 2. The van der Waals surface area contributed by atoms with Crippen molar-refractivity contribution in [1.82, 2.24) is 0 Å². The first-order valence-electron chi connectivity index (χ1n) is 4.65. The Morgan fingerprint density at radius 1 is 1.29 bits per heavy atom. The second kappa shape index (κ2) is 3.59. The van der Waals surface area contributed by atoms with E-state index in [2.05, 4.69) is 0 Å². The summed E-state index contributed by atoms with van der Waals surface area (Å²) in [4.78, 5) is 0. The molecule has 3 heteroatoms. The molecule has 0 heterocycles. The Bertz CT molecular complexity index is 322. The predicted molar refractivity (Wildman–Crippen MR) is 59.0 cm³/mol. The van der Waals surface area contributed by atoms with E-state index in [0.717, 1.165) is 22.4 Å². The fourth-order valence-electron chi connectivity index (χ4n) is 1.40. The van der Waals surface area contributed by atoms with Gasteiger partial charge in [-0.1, -0.05) is 12.1 Å². The molecule has 0 aliphatic carbocycles. The lowest BCUT2D eigenvalue weighted by molar-refractivity contribution is 0.210. The maximum Gasteiger partial charge on any atom is 0.0650 e. The van der Waals surface area contributed by atoms with Gasteiger partial charge in [-0.25, -0.2) is 0 Å². The van der Waals surface area contributed by atoms with Gasteiger partial charge in [0.1, 0.15) is 0 Å². The van der Waals surface area contributed by atoms with Crippen LogP contribution >= 0.6 is 0 Å². The van der Waals surface area contributed by atoms with Gasteiger partial charge in [0.25, 0.3) is 0 Å².